The van der Waals surface area contributed by atoms with Gasteiger partial charge in [-0.3, -0.25) is 0 Å². The van der Waals surface area contributed by atoms with E-state index in [4.69, 9.17) is 4.74 Å². The van der Waals surface area contributed by atoms with Crippen LogP contribution in [0.5, 0.6) is 0 Å². The lowest BCUT2D eigenvalue weighted by Gasteiger charge is -2.06. The van der Waals surface area contributed by atoms with Crippen LogP contribution >= 0.6 is 0 Å². The summed E-state index contributed by atoms with van der Waals surface area (Å²) >= 11 is 0. The number of nitrogens with one attached hydrogen (secondary N) is 1. The first-order valence-corrected chi connectivity index (χ1v) is 5.28. The molecule has 0 spiro atoms. The van der Waals surface area contributed by atoms with Gasteiger partial charge in [0.25, 0.3) is 0 Å². The third-order valence-electron chi connectivity index (χ3n) is 1.79. The highest BCUT2D eigenvalue weighted by Crippen LogP contribution is 2.13. The van der Waals surface area contributed by atoms with E-state index in [-0.39, 0.29) is 11.7 Å². The van der Waals surface area contributed by atoms with Gasteiger partial charge in [0.05, 0.1) is 12.4 Å². The van der Waals surface area contributed by atoms with E-state index < -0.39 is 10.0 Å². The van der Waals surface area contributed by atoms with Crippen LogP contribution in [0.4, 0.5) is 0 Å². The van der Waals surface area contributed by atoms with Crippen molar-refractivity contribution in [1.29, 1.82) is 0 Å². The van der Waals surface area contributed by atoms with Crippen LogP contribution in [-0.2, 0) is 14.8 Å². The second-order valence-corrected chi connectivity index (χ2v) is 4.69. The molecule has 1 heterocycles. The number of rotatable bonds is 3. The molecule has 0 aromatic carbocycles. The molecule has 0 bridgehead atoms. The fourth-order valence-electron chi connectivity index (χ4n) is 1.11. The van der Waals surface area contributed by atoms with Crippen LogP contribution in [0, 0.1) is 5.92 Å². The Morgan fingerprint density at radius 2 is 2.36 bits per heavy atom. The first-order valence-electron chi connectivity index (χ1n) is 3.63. The minimum atomic E-state index is -3.03. The molecular formula is C6H13NO3S. The Bertz CT molecular complexity index is 206. The molecular weight excluding hydrogens is 166 g/mol. The molecule has 66 valence electrons. The molecule has 1 saturated heterocycles. The molecule has 1 fully saturated rings. The van der Waals surface area contributed by atoms with Crippen LogP contribution < -0.4 is 4.72 Å². The van der Waals surface area contributed by atoms with E-state index in [1.54, 1.807) is 0 Å². The topological polar surface area (TPSA) is 55.4 Å². The first-order chi connectivity index (χ1) is 5.14. The predicted octanol–water partition coefficient (Wildman–Crippen LogP) is -0.428. The van der Waals surface area contributed by atoms with E-state index in [0.717, 1.165) is 6.42 Å². The number of hydrogen-bond donors (Lipinski definition) is 1. The Morgan fingerprint density at radius 3 is 2.82 bits per heavy atom. The van der Waals surface area contributed by atoms with Gasteiger partial charge < -0.3 is 4.74 Å². The van der Waals surface area contributed by atoms with Crippen LogP contribution in [0.1, 0.15) is 6.42 Å². The Labute approximate surface area is 67.0 Å². The van der Waals surface area contributed by atoms with Crippen LogP contribution in [-0.4, -0.2) is 34.4 Å². The Kier molecular flexibility index (Phi) is 2.86. The number of ether oxygens (including phenoxy) is 1. The molecule has 1 aliphatic heterocycles. The quantitative estimate of drug-likeness (QED) is 0.639. The van der Waals surface area contributed by atoms with Gasteiger partial charge in [-0.25, -0.2) is 13.1 Å². The van der Waals surface area contributed by atoms with E-state index in [9.17, 15) is 8.42 Å². The summed E-state index contributed by atoms with van der Waals surface area (Å²) in [5, 5.41) is 0. The van der Waals surface area contributed by atoms with Crippen molar-refractivity contribution in [3.05, 3.63) is 0 Å². The highest BCUT2D eigenvalue weighted by atomic mass is 32.2. The molecule has 1 aliphatic rings. The minimum Gasteiger partial charge on any atom is -0.381 e. The lowest BCUT2D eigenvalue weighted by molar-refractivity contribution is 0.188. The lowest BCUT2D eigenvalue weighted by atomic mass is 10.2. The molecule has 1 atom stereocenters. The van der Waals surface area contributed by atoms with Gasteiger partial charge in [0.15, 0.2) is 0 Å². The van der Waals surface area contributed by atoms with E-state index in [1.165, 1.54) is 7.05 Å². The molecule has 0 radical (unpaired) electrons. The number of hydrogen-bond acceptors (Lipinski definition) is 3. The lowest BCUT2D eigenvalue weighted by Crippen LogP contribution is -2.26. The van der Waals surface area contributed by atoms with Gasteiger partial charge in [0.2, 0.25) is 10.0 Å². The summed E-state index contributed by atoms with van der Waals surface area (Å²) in [5.41, 5.74) is 0. The standard InChI is InChI=1S/C6H13NO3S/c1-7-11(8,9)5-6-2-3-10-4-6/h6-7H,2-5H2,1H3/t6-/m1/s1. The molecule has 0 saturated carbocycles. The van der Waals surface area contributed by atoms with Gasteiger partial charge in [-0.2, -0.15) is 0 Å². The number of sulfonamides is 1. The van der Waals surface area contributed by atoms with Crippen LogP contribution in [0.15, 0.2) is 0 Å². The zero-order valence-electron chi connectivity index (χ0n) is 6.54. The Hall–Kier alpha value is -0.130. The molecule has 5 heteroatoms. The fourth-order valence-corrected chi connectivity index (χ4v) is 2.16. The van der Waals surface area contributed by atoms with E-state index in [2.05, 4.69) is 4.72 Å². The van der Waals surface area contributed by atoms with Crippen LogP contribution in [0.3, 0.4) is 0 Å². The summed E-state index contributed by atoms with van der Waals surface area (Å²) < 4.78 is 29.3. The fraction of sp³-hybridized carbons (Fsp3) is 1.00. The van der Waals surface area contributed by atoms with E-state index in [0.29, 0.717) is 13.2 Å². The zero-order valence-corrected chi connectivity index (χ0v) is 7.36. The molecule has 0 aromatic rings. The molecule has 0 unspecified atom stereocenters. The highest BCUT2D eigenvalue weighted by Gasteiger charge is 2.21. The summed E-state index contributed by atoms with van der Waals surface area (Å²) in [6.07, 6.45) is 0.862. The van der Waals surface area contributed by atoms with E-state index in [1.807, 2.05) is 0 Å². The minimum absolute atomic E-state index is 0.187. The van der Waals surface area contributed by atoms with Crippen molar-refractivity contribution in [1.82, 2.24) is 4.72 Å². The third-order valence-corrected chi connectivity index (χ3v) is 3.32. The summed E-state index contributed by atoms with van der Waals surface area (Å²) in [6, 6.07) is 0. The second kappa shape index (κ2) is 3.51. The average Bonchev–Trinajstić information content (AvgIpc) is 2.39. The maximum Gasteiger partial charge on any atom is 0.211 e. The van der Waals surface area contributed by atoms with Crippen molar-refractivity contribution in [3.63, 3.8) is 0 Å². The molecule has 1 rings (SSSR count). The third kappa shape index (κ3) is 2.76. The SMILES string of the molecule is CNS(=O)(=O)C[C@@H]1CCOC1. The van der Waals surface area contributed by atoms with Gasteiger partial charge >= 0.3 is 0 Å². The first kappa shape index (κ1) is 8.96. The summed E-state index contributed by atoms with van der Waals surface area (Å²) in [6.45, 7) is 1.28. The van der Waals surface area contributed by atoms with Crippen molar-refractivity contribution >= 4 is 10.0 Å². The molecule has 4 nitrogen and oxygen atoms in total. The van der Waals surface area contributed by atoms with Gasteiger partial charge in [-0.05, 0) is 19.4 Å². The van der Waals surface area contributed by atoms with Crippen molar-refractivity contribution in [2.24, 2.45) is 5.92 Å². The average molecular weight is 179 g/mol. The Balaban J connectivity index is 2.41. The maximum atomic E-state index is 11.0. The van der Waals surface area contributed by atoms with Crippen LogP contribution in [0.2, 0.25) is 0 Å². The molecule has 1 N–H and O–H groups in total. The second-order valence-electron chi connectivity index (χ2n) is 2.72. The Morgan fingerprint density at radius 1 is 1.64 bits per heavy atom. The largest absolute Gasteiger partial charge is 0.381 e. The molecule has 0 aliphatic carbocycles. The smallest absolute Gasteiger partial charge is 0.211 e. The summed E-state index contributed by atoms with van der Waals surface area (Å²) in [4.78, 5) is 0. The van der Waals surface area contributed by atoms with Gasteiger partial charge in [0.1, 0.15) is 0 Å². The normalized spacial score (nSPS) is 25.7. The van der Waals surface area contributed by atoms with E-state index >= 15 is 0 Å². The molecule has 0 amide bonds. The van der Waals surface area contributed by atoms with Gasteiger partial charge in [-0.15, -0.1) is 0 Å². The summed E-state index contributed by atoms with van der Waals surface area (Å²) in [5.74, 6) is 0.385. The zero-order chi connectivity index (χ0) is 8.32. The molecule has 11 heavy (non-hydrogen) atoms. The monoisotopic (exact) mass is 179 g/mol. The van der Waals surface area contributed by atoms with Crippen molar-refractivity contribution < 1.29 is 13.2 Å². The van der Waals surface area contributed by atoms with Gasteiger partial charge in [0, 0.05) is 6.61 Å². The highest BCUT2D eigenvalue weighted by molar-refractivity contribution is 7.89. The molecule has 0 aromatic heterocycles. The maximum absolute atomic E-state index is 11.0. The summed E-state index contributed by atoms with van der Waals surface area (Å²) in [7, 11) is -1.60. The van der Waals surface area contributed by atoms with Crippen molar-refractivity contribution in [2.45, 2.75) is 6.42 Å². The van der Waals surface area contributed by atoms with Crippen molar-refractivity contribution in [2.75, 3.05) is 26.0 Å². The van der Waals surface area contributed by atoms with Crippen molar-refractivity contribution in [3.8, 4) is 0 Å². The van der Waals surface area contributed by atoms with Crippen LogP contribution in [0.25, 0.3) is 0 Å². The van der Waals surface area contributed by atoms with Gasteiger partial charge in [-0.1, -0.05) is 0 Å². The predicted molar refractivity (Wildman–Crippen MR) is 41.8 cm³/mol.